The first kappa shape index (κ1) is 11.9. The molecule has 1 saturated heterocycles. The molecule has 2 aromatic heterocycles. The molecule has 5 heteroatoms. The minimum Gasteiger partial charge on any atom is -0.377 e. The van der Waals surface area contributed by atoms with Gasteiger partial charge in [0.1, 0.15) is 5.52 Å². The Morgan fingerprint density at radius 3 is 3.17 bits per heavy atom. The van der Waals surface area contributed by atoms with E-state index in [0.717, 1.165) is 41.0 Å². The number of anilines is 1. The third-order valence-electron chi connectivity index (χ3n) is 3.20. The van der Waals surface area contributed by atoms with Crippen LogP contribution in [-0.4, -0.2) is 35.8 Å². The van der Waals surface area contributed by atoms with Gasteiger partial charge in [-0.25, -0.2) is 0 Å². The van der Waals surface area contributed by atoms with Crippen LogP contribution in [0.25, 0.3) is 11.0 Å². The monoisotopic (exact) mass is 307 g/mol. The molecule has 1 unspecified atom stereocenters. The molecule has 3 rings (SSSR count). The van der Waals surface area contributed by atoms with Crippen LogP contribution in [0.2, 0.25) is 0 Å². The molecule has 18 heavy (non-hydrogen) atoms. The molecule has 0 aromatic carbocycles. The van der Waals surface area contributed by atoms with Crippen molar-refractivity contribution in [3.63, 3.8) is 0 Å². The van der Waals surface area contributed by atoms with Gasteiger partial charge in [0.05, 0.1) is 24.4 Å². The normalized spacial score (nSPS) is 20.3. The fourth-order valence-corrected chi connectivity index (χ4v) is 2.63. The van der Waals surface area contributed by atoms with Crippen molar-refractivity contribution in [3.8, 4) is 0 Å². The quantitative estimate of drug-likeness (QED) is 0.812. The van der Waals surface area contributed by atoms with Gasteiger partial charge >= 0.3 is 0 Å². The van der Waals surface area contributed by atoms with Crippen LogP contribution >= 0.6 is 15.9 Å². The molecule has 0 saturated carbocycles. The number of nitrogens with zero attached hydrogens (tertiary/aromatic N) is 3. The molecule has 0 N–H and O–H groups in total. The molecule has 1 fully saturated rings. The Balaban J connectivity index is 2.10. The van der Waals surface area contributed by atoms with Gasteiger partial charge in [-0.2, -0.15) is 0 Å². The average molecular weight is 308 g/mol. The molecule has 0 amide bonds. The first-order valence-electron chi connectivity index (χ1n) is 6.00. The third-order valence-corrected chi connectivity index (χ3v) is 3.63. The summed E-state index contributed by atoms with van der Waals surface area (Å²) < 4.78 is 6.43. The molecule has 3 heterocycles. The van der Waals surface area contributed by atoms with E-state index in [0.29, 0.717) is 6.04 Å². The van der Waals surface area contributed by atoms with E-state index in [-0.39, 0.29) is 0 Å². The lowest BCUT2D eigenvalue weighted by atomic mass is 10.2. The lowest BCUT2D eigenvalue weighted by molar-refractivity contribution is 0.0991. The predicted octanol–water partition coefficient (Wildman–Crippen LogP) is 2.62. The van der Waals surface area contributed by atoms with Crippen molar-refractivity contribution in [2.24, 2.45) is 0 Å². The number of ether oxygens (including phenoxy) is 1. The number of hydrogen-bond acceptors (Lipinski definition) is 4. The zero-order valence-electron chi connectivity index (χ0n) is 10.1. The maximum absolute atomic E-state index is 5.48. The van der Waals surface area contributed by atoms with Crippen LogP contribution in [0, 0.1) is 0 Å². The Morgan fingerprint density at radius 2 is 2.33 bits per heavy atom. The second-order valence-corrected chi connectivity index (χ2v) is 5.38. The van der Waals surface area contributed by atoms with Crippen LogP contribution in [0.1, 0.15) is 6.92 Å². The fraction of sp³-hybridized carbons (Fsp3) is 0.385. The summed E-state index contributed by atoms with van der Waals surface area (Å²) >= 11 is 3.43. The van der Waals surface area contributed by atoms with E-state index < -0.39 is 0 Å². The summed E-state index contributed by atoms with van der Waals surface area (Å²) in [7, 11) is 0. The summed E-state index contributed by atoms with van der Waals surface area (Å²) in [6.07, 6.45) is 3.66. The van der Waals surface area contributed by atoms with Gasteiger partial charge in [-0.05, 0) is 35.0 Å². The van der Waals surface area contributed by atoms with Crippen LogP contribution in [0.4, 0.5) is 5.69 Å². The number of halogens is 1. The van der Waals surface area contributed by atoms with Crippen molar-refractivity contribution in [1.29, 1.82) is 0 Å². The Morgan fingerprint density at radius 1 is 1.44 bits per heavy atom. The first-order valence-corrected chi connectivity index (χ1v) is 6.79. The second kappa shape index (κ2) is 4.82. The molecule has 4 nitrogen and oxygen atoms in total. The summed E-state index contributed by atoms with van der Waals surface area (Å²) in [6.45, 7) is 4.60. The van der Waals surface area contributed by atoms with Crippen LogP contribution in [0.5, 0.6) is 0 Å². The van der Waals surface area contributed by atoms with Gasteiger partial charge in [0, 0.05) is 29.5 Å². The van der Waals surface area contributed by atoms with E-state index in [9.17, 15) is 0 Å². The Labute approximate surface area is 114 Å². The summed E-state index contributed by atoms with van der Waals surface area (Å²) in [6, 6.07) is 4.40. The highest BCUT2D eigenvalue weighted by Gasteiger charge is 2.21. The van der Waals surface area contributed by atoms with Crippen LogP contribution < -0.4 is 4.90 Å². The molecule has 1 atom stereocenters. The maximum atomic E-state index is 5.48. The van der Waals surface area contributed by atoms with Gasteiger partial charge in [0.15, 0.2) is 0 Å². The predicted molar refractivity (Wildman–Crippen MR) is 74.9 cm³/mol. The minimum absolute atomic E-state index is 0.370. The molecule has 1 aliphatic rings. The fourth-order valence-electron chi connectivity index (χ4n) is 2.31. The van der Waals surface area contributed by atoms with Crippen LogP contribution in [0.15, 0.2) is 29.0 Å². The highest BCUT2D eigenvalue weighted by atomic mass is 79.9. The van der Waals surface area contributed by atoms with E-state index in [2.05, 4.69) is 37.7 Å². The van der Waals surface area contributed by atoms with Gasteiger partial charge in [0.25, 0.3) is 0 Å². The van der Waals surface area contributed by atoms with Gasteiger partial charge in [-0.3, -0.25) is 9.97 Å². The van der Waals surface area contributed by atoms with Crippen molar-refractivity contribution >= 4 is 32.7 Å². The van der Waals surface area contributed by atoms with Crippen LogP contribution in [0.3, 0.4) is 0 Å². The minimum atomic E-state index is 0.370. The number of fused-ring (bicyclic) bond motifs is 1. The number of aromatic nitrogens is 2. The summed E-state index contributed by atoms with van der Waals surface area (Å²) in [4.78, 5) is 11.2. The van der Waals surface area contributed by atoms with Crippen LogP contribution in [-0.2, 0) is 4.74 Å². The molecule has 0 bridgehead atoms. The van der Waals surface area contributed by atoms with E-state index in [1.807, 2.05) is 24.5 Å². The standard InChI is InChI=1S/C13H14BrN3O/c1-9-8-18-5-4-17(9)12-2-3-15-11-6-10(14)7-16-13(11)12/h2-3,6-7,9H,4-5,8H2,1H3. The number of morpholine rings is 1. The first-order chi connectivity index (χ1) is 8.75. The molecular formula is C13H14BrN3O. The third kappa shape index (κ3) is 2.08. The van der Waals surface area contributed by atoms with Crippen molar-refractivity contribution in [2.45, 2.75) is 13.0 Å². The van der Waals surface area contributed by atoms with Crippen molar-refractivity contribution in [2.75, 3.05) is 24.7 Å². The second-order valence-electron chi connectivity index (χ2n) is 4.47. The summed E-state index contributed by atoms with van der Waals surface area (Å²) in [5, 5.41) is 0. The van der Waals surface area contributed by atoms with Gasteiger partial charge in [0.2, 0.25) is 0 Å². The lowest BCUT2D eigenvalue weighted by Gasteiger charge is -2.35. The highest BCUT2D eigenvalue weighted by molar-refractivity contribution is 9.10. The van der Waals surface area contributed by atoms with E-state index in [1.54, 1.807) is 0 Å². The summed E-state index contributed by atoms with van der Waals surface area (Å²) in [5.74, 6) is 0. The Hall–Kier alpha value is -1.20. The van der Waals surface area contributed by atoms with Gasteiger partial charge in [-0.15, -0.1) is 0 Å². The molecule has 1 aliphatic heterocycles. The Kier molecular flexibility index (Phi) is 3.18. The zero-order chi connectivity index (χ0) is 12.5. The topological polar surface area (TPSA) is 38.2 Å². The van der Waals surface area contributed by atoms with Crippen molar-refractivity contribution in [1.82, 2.24) is 9.97 Å². The SMILES string of the molecule is CC1COCCN1c1ccnc2cc(Br)cnc12. The van der Waals surface area contributed by atoms with E-state index in [4.69, 9.17) is 4.74 Å². The average Bonchev–Trinajstić information content (AvgIpc) is 2.38. The molecule has 0 aliphatic carbocycles. The smallest absolute Gasteiger partial charge is 0.112 e. The van der Waals surface area contributed by atoms with E-state index >= 15 is 0 Å². The van der Waals surface area contributed by atoms with E-state index in [1.165, 1.54) is 0 Å². The molecule has 94 valence electrons. The highest BCUT2D eigenvalue weighted by Crippen LogP contribution is 2.27. The number of hydrogen-bond donors (Lipinski definition) is 0. The molecule has 0 spiro atoms. The maximum Gasteiger partial charge on any atom is 0.112 e. The molecular weight excluding hydrogens is 294 g/mol. The van der Waals surface area contributed by atoms with Crippen molar-refractivity contribution < 1.29 is 4.74 Å². The van der Waals surface area contributed by atoms with Gasteiger partial charge in [-0.1, -0.05) is 0 Å². The van der Waals surface area contributed by atoms with Crippen molar-refractivity contribution in [3.05, 3.63) is 29.0 Å². The number of rotatable bonds is 1. The largest absolute Gasteiger partial charge is 0.377 e. The van der Waals surface area contributed by atoms with Gasteiger partial charge < -0.3 is 9.64 Å². The Bertz CT molecular complexity index is 575. The lowest BCUT2D eigenvalue weighted by Crippen LogP contribution is -2.43. The summed E-state index contributed by atoms with van der Waals surface area (Å²) in [5.41, 5.74) is 3.01. The number of pyridine rings is 2. The zero-order valence-corrected chi connectivity index (χ0v) is 11.7. The molecule has 2 aromatic rings. The molecule has 0 radical (unpaired) electrons.